The molecular weight excluding hydrogens is 352 g/mol. The summed E-state index contributed by atoms with van der Waals surface area (Å²) in [5.74, 6) is 1.45. The average Bonchev–Trinajstić information content (AvgIpc) is 3.04. The molecular formula is C22H28N4O2. The van der Waals surface area contributed by atoms with Crippen LogP contribution >= 0.6 is 0 Å². The van der Waals surface area contributed by atoms with E-state index in [-0.39, 0.29) is 11.3 Å². The fraction of sp³-hybridized carbons (Fsp3) is 0.500. The third kappa shape index (κ3) is 3.01. The number of benzene rings is 1. The maximum absolute atomic E-state index is 13.4. The average molecular weight is 380 g/mol. The molecule has 1 fully saturated rings. The number of amides is 1. The van der Waals surface area contributed by atoms with Gasteiger partial charge in [0.2, 0.25) is 5.95 Å². The van der Waals surface area contributed by atoms with Gasteiger partial charge in [0.1, 0.15) is 5.75 Å². The van der Waals surface area contributed by atoms with Crippen LogP contribution in [0.3, 0.4) is 0 Å². The lowest BCUT2D eigenvalue weighted by atomic mass is 9.77. The smallest absolute Gasteiger partial charge is 0.257 e. The zero-order chi connectivity index (χ0) is 19.9. The van der Waals surface area contributed by atoms with Crippen LogP contribution in [0.5, 0.6) is 5.75 Å². The van der Waals surface area contributed by atoms with Crippen molar-refractivity contribution < 1.29 is 9.53 Å². The molecule has 28 heavy (non-hydrogen) atoms. The molecule has 1 amide bonds. The van der Waals surface area contributed by atoms with Crippen LogP contribution in [0.1, 0.15) is 46.4 Å². The zero-order valence-electron chi connectivity index (χ0n) is 17.2. The lowest BCUT2D eigenvalue weighted by Crippen LogP contribution is -2.48. The van der Waals surface area contributed by atoms with Gasteiger partial charge in [0.25, 0.3) is 5.91 Å². The molecule has 0 N–H and O–H groups in total. The van der Waals surface area contributed by atoms with Crippen molar-refractivity contribution in [1.29, 1.82) is 0 Å². The molecule has 1 saturated heterocycles. The fourth-order valence-electron chi connectivity index (χ4n) is 4.69. The number of likely N-dealkylation sites (tertiary alicyclic amines) is 1. The Labute approximate surface area is 166 Å². The minimum atomic E-state index is -0.0626. The predicted molar refractivity (Wildman–Crippen MR) is 109 cm³/mol. The summed E-state index contributed by atoms with van der Waals surface area (Å²) in [6, 6.07) is 5.76. The minimum absolute atomic E-state index is 0.0596. The molecule has 148 valence electrons. The second-order valence-electron chi connectivity index (χ2n) is 8.20. The maximum atomic E-state index is 13.4. The fourth-order valence-corrected chi connectivity index (χ4v) is 4.69. The monoisotopic (exact) mass is 380 g/mol. The molecule has 1 aliphatic carbocycles. The summed E-state index contributed by atoms with van der Waals surface area (Å²) in [5, 5.41) is 0. The molecule has 1 atom stereocenters. The minimum Gasteiger partial charge on any atom is -0.496 e. The molecule has 4 rings (SSSR count). The Morgan fingerprint density at radius 1 is 1.29 bits per heavy atom. The SMILES string of the molecule is COc1cccc(C)c1C(=O)N1CCCC2(CCc3cnc(N(C)C)nc32)C1. The second kappa shape index (κ2) is 7.08. The van der Waals surface area contributed by atoms with Crippen LogP contribution in [0.4, 0.5) is 5.95 Å². The van der Waals surface area contributed by atoms with Gasteiger partial charge in [-0.3, -0.25) is 4.79 Å². The summed E-state index contributed by atoms with van der Waals surface area (Å²) in [6.45, 7) is 3.45. The highest BCUT2D eigenvalue weighted by Crippen LogP contribution is 2.44. The molecule has 1 unspecified atom stereocenters. The van der Waals surface area contributed by atoms with Gasteiger partial charge < -0.3 is 14.5 Å². The molecule has 0 radical (unpaired) electrons. The molecule has 1 aliphatic heterocycles. The van der Waals surface area contributed by atoms with Gasteiger partial charge in [-0.05, 0) is 49.8 Å². The number of aromatic nitrogens is 2. The van der Waals surface area contributed by atoms with E-state index >= 15 is 0 Å². The van der Waals surface area contributed by atoms with Crippen LogP contribution in [0.25, 0.3) is 0 Å². The lowest BCUT2D eigenvalue weighted by molar-refractivity contribution is 0.0629. The Morgan fingerprint density at radius 3 is 2.86 bits per heavy atom. The highest BCUT2D eigenvalue weighted by Gasteiger charge is 2.45. The van der Waals surface area contributed by atoms with Crippen molar-refractivity contribution in [3.8, 4) is 5.75 Å². The van der Waals surface area contributed by atoms with Crippen molar-refractivity contribution in [2.75, 3.05) is 39.2 Å². The molecule has 6 nitrogen and oxygen atoms in total. The van der Waals surface area contributed by atoms with E-state index in [0.717, 1.165) is 49.4 Å². The number of hydrogen-bond donors (Lipinski definition) is 0. The van der Waals surface area contributed by atoms with E-state index in [1.54, 1.807) is 7.11 Å². The first-order chi connectivity index (χ1) is 13.4. The number of carbonyl (C=O) groups is 1. The van der Waals surface area contributed by atoms with E-state index in [4.69, 9.17) is 9.72 Å². The molecule has 0 bridgehead atoms. The Hall–Kier alpha value is -2.63. The van der Waals surface area contributed by atoms with Crippen molar-refractivity contribution in [3.05, 3.63) is 46.8 Å². The van der Waals surface area contributed by atoms with Crippen LogP contribution in [0.2, 0.25) is 0 Å². The molecule has 0 saturated carbocycles. The highest BCUT2D eigenvalue weighted by molar-refractivity contribution is 5.98. The van der Waals surface area contributed by atoms with E-state index in [1.165, 1.54) is 5.56 Å². The molecule has 1 spiro atoms. The van der Waals surface area contributed by atoms with Gasteiger partial charge in [-0.15, -0.1) is 0 Å². The van der Waals surface area contributed by atoms with Crippen LogP contribution in [-0.4, -0.2) is 55.1 Å². The van der Waals surface area contributed by atoms with Crippen LogP contribution in [-0.2, 0) is 11.8 Å². The first kappa shape index (κ1) is 18.7. The normalized spacial score (nSPS) is 20.9. The van der Waals surface area contributed by atoms with E-state index < -0.39 is 0 Å². The van der Waals surface area contributed by atoms with Gasteiger partial charge in [0.05, 0.1) is 18.4 Å². The summed E-state index contributed by atoms with van der Waals surface area (Å²) >= 11 is 0. The predicted octanol–water partition coefficient (Wildman–Crippen LogP) is 2.98. The number of methoxy groups -OCH3 is 1. The number of aryl methyl sites for hydroxylation is 2. The Morgan fingerprint density at radius 2 is 2.11 bits per heavy atom. The molecule has 2 aliphatic rings. The van der Waals surface area contributed by atoms with Gasteiger partial charge in [-0.1, -0.05) is 12.1 Å². The number of anilines is 1. The van der Waals surface area contributed by atoms with Crippen LogP contribution in [0, 0.1) is 6.92 Å². The lowest BCUT2D eigenvalue weighted by Gasteiger charge is -2.41. The summed E-state index contributed by atoms with van der Waals surface area (Å²) in [4.78, 5) is 26.8. The number of piperidine rings is 1. The molecule has 1 aromatic carbocycles. The van der Waals surface area contributed by atoms with Crippen molar-refractivity contribution in [2.45, 2.75) is 38.0 Å². The summed E-state index contributed by atoms with van der Waals surface area (Å²) in [6.07, 6.45) is 6.04. The van der Waals surface area contributed by atoms with Gasteiger partial charge in [-0.25, -0.2) is 9.97 Å². The third-order valence-electron chi connectivity index (χ3n) is 6.16. The van der Waals surface area contributed by atoms with E-state index in [2.05, 4.69) is 4.98 Å². The maximum Gasteiger partial charge on any atom is 0.257 e. The zero-order valence-corrected chi connectivity index (χ0v) is 17.2. The van der Waals surface area contributed by atoms with Crippen molar-refractivity contribution in [1.82, 2.24) is 14.9 Å². The van der Waals surface area contributed by atoms with E-state index in [1.807, 2.05) is 55.2 Å². The topological polar surface area (TPSA) is 58.6 Å². The number of rotatable bonds is 3. The van der Waals surface area contributed by atoms with Gasteiger partial charge >= 0.3 is 0 Å². The summed E-state index contributed by atoms with van der Waals surface area (Å²) in [7, 11) is 5.55. The number of fused-ring (bicyclic) bond motifs is 2. The number of hydrogen-bond acceptors (Lipinski definition) is 5. The van der Waals surface area contributed by atoms with Gasteiger partial charge in [0, 0.05) is 38.8 Å². The summed E-state index contributed by atoms with van der Waals surface area (Å²) in [5.41, 5.74) is 3.94. The third-order valence-corrected chi connectivity index (χ3v) is 6.16. The molecule has 2 aromatic rings. The van der Waals surface area contributed by atoms with Crippen molar-refractivity contribution >= 4 is 11.9 Å². The van der Waals surface area contributed by atoms with Crippen molar-refractivity contribution in [2.24, 2.45) is 0 Å². The number of carbonyl (C=O) groups excluding carboxylic acids is 1. The molecule has 6 heteroatoms. The highest BCUT2D eigenvalue weighted by atomic mass is 16.5. The van der Waals surface area contributed by atoms with Crippen LogP contribution in [0.15, 0.2) is 24.4 Å². The van der Waals surface area contributed by atoms with E-state index in [0.29, 0.717) is 17.9 Å². The van der Waals surface area contributed by atoms with Crippen molar-refractivity contribution in [3.63, 3.8) is 0 Å². The Kier molecular flexibility index (Phi) is 4.73. The quantitative estimate of drug-likeness (QED) is 0.819. The number of nitrogens with zero attached hydrogens (tertiary/aromatic N) is 4. The van der Waals surface area contributed by atoms with E-state index in [9.17, 15) is 4.79 Å². The standard InChI is InChI=1S/C22H28N4O2/c1-15-7-5-8-17(28-4)18(15)20(27)26-12-6-10-22(14-26)11-9-16-13-23-21(25(2)3)24-19(16)22/h5,7-8,13H,6,9-12,14H2,1-4H3. The van der Waals surface area contributed by atoms with Crippen LogP contribution < -0.4 is 9.64 Å². The molecule has 1 aromatic heterocycles. The largest absolute Gasteiger partial charge is 0.496 e. The second-order valence-corrected chi connectivity index (χ2v) is 8.20. The Bertz CT molecular complexity index is 907. The first-order valence-electron chi connectivity index (χ1n) is 9.92. The van der Waals surface area contributed by atoms with Gasteiger partial charge in [-0.2, -0.15) is 0 Å². The summed E-state index contributed by atoms with van der Waals surface area (Å²) < 4.78 is 5.48. The molecule has 2 heterocycles. The first-order valence-corrected chi connectivity index (χ1v) is 9.92. The Balaban J connectivity index is 1.67. The number of ether oxygens (including phenoxy) is 1. The van der Waals surface area contributed by atoms with Gasteiger partial charge in [0.15, 0.2) is 0 Å².